The Bertz CT molecular complexity index is 1010. The van der Waals surface area contributed by atoms with Gasteiger partial charge in [0, 0.05) is 23.0 Å². The Morgan fingerprint density at radius 2 is 1.97 bits per heavy atom. The largest absolute Gasteiger partial charge is 0.385 e. The average molecular weight is 465 g/mol. The Kier molecular flexibility index (Phi) is 7.55. The quantitative estimate of drug-likeness (QED) is 0.655. The second-order valence-corrected chi connectivity index (χ2v) is 6.70. The summed E-state index contributed by atoms with van der Waals surface area (Å²) in [4.78, 5) is 20.0. The van der Waals surface area contributed by atoms with Crippen molar-refractivity contribution in [2.24, 2.45) is 10.7 Å². The van der Waals surface area contributed by atoms with E-state index in [4.69, 9.17) is 10.5 Å². The van der Waals surface area contributed by atoms with E-state index in [1.807, 2.05) is 0 Å². The van der Waals surface area contributed by atoms with Gasteiger partial charge in [-0.05, 0) is 36.8 Å². The number of pyridine rings is 1. The molecule has 0 fully saturated rings. The van der Waals surface area contributed by atoms with Crippen molar-refractivity contribution in [2.75, 3.05) is 18.5 Å². The maximum Gasteiger partial charge on any atom is 0.274 e. The van der Waals surface area contributed by atoms with E-state index in [0.29, 0.717) is 0 Å². The monoisotopic (exact) mass is 464 g/mol. The first-order valence-electron chi connectivity index (χ1n) is 8.70. The number of amides is 1. The van der Waals surface area contributed by atoms with Crippen LogP contribution in [0.15, 0.2) is 35.5 Å². The highest BCUT2D eigenvalue weighted by Crippen LogP contribution is 2.38. The molecule has 1 atom stereocenters. The highest BCUT2D eigenvalue weighted by molar-refractivity contribution is 6.03. The fourth-order valence-electron chi connectivity index (χ4n) is 3.08. The SMILES string of the molecule is Cc1cc(C(F)F)cnc1C(=O)Nc1ccc(F)c([C@]2(C(F)F)COCC(N)=N2)c1.Cl. The van der Waals surface area contributed by atoms with E-state index in [9.17, 15) is 26.7 Å². The summed E-state index contributed by atoms with van der Waals surface area (Å²) in [6, 6.07) is 4.18. The van der Waals surface area contributed by atoms with Crippen LogP contribution in [-0.2, 0) is 10.3 Å². The second-order valence-electron chi connectivity index (χ2n) is 6.70. The first-order valence-corrected chi connectivity index (χ1v) is 8.70. The van der Waals surface area contributed by atoms with Crippen LogP contribution < -0.4 is 11.1 Å². The number of rotatable bonds is 5. The number of halogens is 6. The van der Waals surface area contributed by atoms with E-state index >= 15 is 0 Å². The van der Waals surface area contributed by atoms with E-state index in [2.05, 4.69) is 15.3 Å². The molecule has 2 heterocycles. The van der Waals surface area contributed by atoms with E-state index in [-0.39, 0.29) is 47.4 Å². The number of anilines is 1. The van der Waals surface area contributed by atoms with Crippen molar-refractivity contribution in [3.05, 3.63) is 58.7 Å². The molecular formula is C19H18ClF5N4O2. The van der Waals surface area contributed by atoms with Crippen molar-refractivity contribution >= 4 is 29.8 Å². The third-order valence-corrected chi connectivity index (χ3v) is 4.53. The van der Waals surface area contributed by atoms with Crippen molar-refractivity contribution in [3.63, 3.8) is 0 Å². The highest BCUT2D eigenvalue weighted by Gasteiger charge is 2.46. The van der Waals surface area contributed by atoms with Gasteiger partial charge in [-0.3, -0.25) is 14.8 Å². The number of nitrogens with zero attached hydrogens (tertiary/aromatic N) is 2. The van der Waals surface area contributed by atoms with Crippen molar-refractivity contribution in [3.8, 4) is 0 Å². The van der Waals surface area contributed by atoms with Gasteiger partial charge in [-0.2, -0.15) is 0 Å². The molecule has 1 aliphatic rings. The predicted molar refractivity (Wildman–Crippen MR) is 106 cm³/mol. The summed E-state index contributed by atoms with van der Waals surface area (Å²) in [6.45, 7) is 0.661. The standard InChI is InChI=1S/C19H17F5N4O2.ClH/c1-9-4-10(16(21)22)6-26-15(9)17(29)27-11-2-3-13(20)12(5-11)19(18(23)24)8-30-7-14(25)28-19;/h2-6,16,18H,7-8H2,1H3,(H2,25,28)(H,27,29);1H/t19-;/m0./s1. The van der Waals surface area contributed by atoms with Gasteiger partial charge in [-0.15, -0.1) is 12.4 Å². The zero-order valence-corrected chi connectivity index (χ0v) is 16.9. The molecule has 0 spiro atoms. The number of alkyl halides is 4. The zero-order valence-electron chi connectivity index (χ0n) is 16.0. The van der Waals surface area contributed by atoms with Crippen molar-refractivity contribution in [2.45, 2.75) is 25.3 Å². The van der Waals surface area contributed by atoms with E-state index in [1.54, 1.807) is 0 Å². The fourth-order valence-corrected chi connectivity index (χ4v) is 3.08. The van der Waals surface area contributed by atoms with Gasteiger partial charge in [0.1, 0.15) is 24.0 Å². The number of ether oxygens (including phenoxy) is 1. The molecule has 168 valence electrons. The summed E-state index contributed by atoms with van der Waals surface area (Å²) in [5.74, 6) is -1.97. The van der Waals surface area contributed by atoms with E-state index < -0.39 is 42.3 Å². The first kappa shape index (κ1) is 24.5. The number of amidine groups is 1. The van der Waals surface area contributed by atoms with E-state index in [1.165, 1.54) is 6.92 Å². The van der Waals surface area contributed by atoms with Crippen molar-refractivity contribution in [1.29, 1.82) is 0 Å². The van der Waals surface area contributed by atoms with Gasteiger partial charge < -0.3 is 15.8 Å². The van der Waals surface area contributed by atoms with Gasteiger partial charge in [0.25, 0.3) is 18.8 Å². The van der Waals surface area contributed by atoms with Gasteiger partial charge in [-0.25, -0.2) is 22.0 Å². The first-order chi connectivity index (χ1) is 14.1. The molecule has 6 nitrogen and oxygen atoms in total. The summed E-state index contributed by atoms with van der Waals surface area (Å²) in [6.07, 6.45) is -5.02. The molecule has 0 unspecified atom stereocenters. The van der Waals surface area contributed by atoms with Crippen molar-refractivity contribution < 1.29 is 31.5 Å². The molecule has 1 aromatic carbocycles. The minimum Gasteiger partial charge on any atom is -0.385 e. The molecular weight excluding hydrogens is 447 g/mol. The van der Waals surface area contributed by atoms with Gasteiger partial charge >= 0.3 is 0 Å². The molecule has 2 aromatic rings. The molecule has 1 aliphatic heterocycles. The third kappa shape index (κ3) is 4.93. The molecule has 3 N–H and O–H groups in total. The number of nitrogens with one attached hydrogen (secondary N) is 1. The molecule has 0 saturated heterocycles. The lowest BCUT2D eigenvalue weighted by Gasteiger charge is -2.33. The van der Waals surface area contributed by atoms with Gasteiger partial charge in [0.2, 0.25) is 0 Å². The topological polar surface area (TPSA) is 89.6 Å². The van der Waals surface area contributed by atoms with Crippen LogP contribution in [0.4, 0.5) is 27.6 Å². The molecule has 1 aromatic heterocycles. The highest BCUT2D eigenvalue weighted by atomic mass is 35.5. The zero-order chi connectivity index (χ0) is 22.1. The van der Waals surface area contributed by atoms with Crippen LogP contribution in [0.2, 0.25) is 0 Å². The number of aromatic nitrogens is 1. The molecule has 12 heteroatoms. The number of benzene rings is 1. The average Bonchev–Trinajstić information content (AvgIpc) is 2.68. The summed E-state index contributed by atoms with van der Waals surface area (Å²) in [7, 11) is 0. The Balaban J connectivity index is 0.00000341. The summed E-state index contributed by atoms with van der Waals surface area (Å²) in [5.41, 5.74) is 2.34. The Morgan fingerprint density at radius 3 is 2.55 bits per heavy atom. The molecule has 0 saturated carbocycles. The maximum absolute atomic E-state index is 14.4. The summed E-state index contributed by atoms with van der Waals surface area (Å²) >= 11 is 0. The normalized spacial score (nSPS) is 18.5. The number of hydrogen-bond acceptors (Lipinski definition) is 5. The number of carbonyl (C=O) groups excluding carboxylic acids is 1. The van der Waals surface area contributed by atoms with Gasteiger partial charge in [-0.1, -0.05) is 0 Å². The lowest BCUT2D eigenvalue weighted by Crippen LogP contribution is -2.45. The Morgan fingerprint density at radius 1 is 1.26 bits per heavy atom. The lowest BCUT2D eigenvalue weighted by molar-refractivity contribution is -0.0145. The fraction of sp³-hybridized carbons (Fsp3) is 0.316. The Labute approximate surface area is 180 Å². The predicted octanol–water partition coefficient (Wildman–Crippen LogP) is 3.99. The number of carbonyl (C=O) groups is 1. The molecule has 31 heavy (non-hydrogen) atoms. The Hall–Kier alpha value is -2.79. The molecule has 3 rings (SSSR count). The smallest absolute Gasteiger partial charge is 0.274 e. The minimum atomic E-state index is -3.14. The van der Waals surface area contributed by atoms with Gasteiger partial charge in [0.15, 0.2) is 5.54 Å². The second kappa shape index (κ2) is 9.56. The summed E-state index contributed by atoms with van der Waals surface area (Å²) < 4.78 is 72.7. The molecule has 0 aliphatic carbocycles. The van der Waals surface area contributed by atoms with Crippen LogP contribution >= 0.6 is 12.4 Å². The van der Waals surface area contributed by atoms with Crippen LogP contribution in [0, 0.1) is 12.7 Å². The van der Waals surface area contributed by atoms with E-state index in [0.717, 1.165) is 30.5 Å². The van der Waals surface area contributed by atoms with Crippen LogP contribution in [0.5, 0.6) is 0 Å². The van der Waals surface area contributed by atoms with Crippen LogP contribution in [-0.4, -0.2) is 36.4 Å². The molecule has 0 bridgehead atoms. The lowest BCUT2D eigenvalue weighted by atomic mass is 9.90. The van der Waals surface area contributed by atoms with Crippen LogP contribution in [0.3, 0.4) is 0 Å². The summed E-state index contributed by atoms with van der Waals surface area (Å²) in [5, 5.41) is 2.40. The minimum absolute atomic E-state index is 0. The number of nitrogens with two attached hydrogens (primary N) is 1. The molecule has 0 radical (unpaired) electrons. The molecule has 1 amide bonds. The number of aliphatic imine (C=N–C) groups is 1. The maximum atomic E-state index is 14.4. The number of aryl methyl sites for hydroxylation is 1. The number of hydrogen-bond donors (Lipinski definition) is 2. The third-order valence-electron chi connectivity index (χ3n) is 4.53. The van der Waals surface area contributed by atoms with Crippen LogP contribution in [0.1, 0.15) is 33.6 Å². The van der Waals surface area contributed by atoms with Gasteiger partial charge in [0.05, 0.1) is 6.61 Å². The van der Waals surface area contributed by atoms with Crippen molar-refractivity contribution in [1.82, 2.24) is 4.98 Å². The van der Waals surface area contributed by atoms with Crippen LogP contribution in [0.25, 0.3) is 0 Å².